The molecule has 1 saturated carbocycles. The van der Waals surface area contributed by atoms with E-state index >= 15 is 0 Å². The molecule has 3 aromatic rings. The number of hydrogen-bond acceptors (Lipinski definition) is 6. The van der Waals surface area contributed by atoms with Crippen molar-refractivity contribution in [3.05, 3.63) is 35.0 Å². The second-order valence-corrected chi connectivity index (χ2v) is 9.33. The summed E-state index contributed by atoms with van der Waals surface area (Å²) in [7, 11) is 0. The summed E-state index contributed by atoms with van der Waals surface area (Å²) in [6.45, 7) is 4.03. The second kappa shape index (κ2) is 8.40. The van der Waals surface area contributed by atoms with E-state index in [0.29, 0.717) is 35.6 Å². The monoisotopic (exact) mass is 467 g/mol. The molecule has 32 heavy (non-hydrogen) atoms. The van der Waals surface area contributed by atoms with E-state index in [1.165, 1.54) is 18.9 Å². The third-order valence-electron chi connectivity index (χ3n) is 5.22. The standard InChI is InChI=1S/C21H25ClF3N7/c1-20(2,26)11-32-17-16(10-27-18(31-17)28-14-5-3-4-6-14)30-19(32)29-15-8-12(21(23,24)25)7-13(22)9-15/h7-10,14H,3-6,11,26H2,1-2H3,(H,29,30)(H,27,28,31). The Hall–Kier alpha value is -2.59. The lowest BCUT2D eigenvalue weighted by molar-refractivity contribution is -0.137. The first-order valence-corrected chi connectivity index (χ1v) is 10.8. The Labute approximate surface area is 188 Å². The smallest absolute Gasteiger partial charge is 0.351 e. The molecule has 7 nitrogen and oxygen atoms in total. The highest BCUT2D eigenvalue weighted by atomic mass is 35.5. The summed E-state index contributed by atoms with van der Waals surface area (Å²) in [5.41, 5.74) is 5.98. The average molecular weight is 468 g/mol. The van der Waals surface area contributed by atoms with E-state index in [1.54, 1.807) is 10.8 Å². The maximum Gasteiger partial charge on any atom is 0.416 e. The van der Waals surface area contributed by atoms with Crippen LogP contribution >= 0.6 is 11.6 Å². The summed E-state index contributed by atoms with van der Waals surface area (Å²) < 4.78 is 41.4. The number of nitrogens with two attached hydrogens (primary N) is 1. The predicted octanol–water partition coefficient (Wildman–Crippen LogP) is 5.33. The molecule has 0 amide bonds. The molecule has 2 heterocycles. The van der Waals surface area contributed by atoms with Crippen molar-refractivity contribution >= 4 is 40.3 Å². The van der Waals surface area contributed by atoms with E-state index in [9.17, 15) is 13.2 Å². The molecule has 0 atom stereocenters. The van der Waals surface area contributed by atoms with Gasteiger partial charge in [0.1, 0.15) is 5.52 Å². The third-order valence-corrected chi connectivity index (χ3v) is 5.44. The van der Waals surface area contributed by atoms with Gasteiger partial charge in [0.05, 0.1) is 11.8 Å². The number of nitrogens with one attached hydrogen (secondary N) is 2. The summed E-state index contributed by atoms with van der Waals surface area (Å²) in [5, 5.41) is 6.28. The summed E-state index contributed by atoms with van der Waals surface area (Å²) in [5.74, 6) is 0.801. The topological polar surface area (TPSA) is 93.7 Å². The van der Waals surface area contributed by atoms with Gasteiger partial charge in [-0.05, 0) is 44.9 Å². The Morgan fingerprint density at radius 1 is 1.16 bits per heavy atom. The van der Waals surface area contributed by atoms with Crippen molar-refractivity contribution in [3.63, 3.8) is 0 Å². The minimum atomic E-state index is -4.52. The molecule has 11 heteroatoms. The molecule has 0 unspecified atom stereocenters. The number of halogens is 4. The summed E-state index contributed by atoms with van der Waals surface area (Å²) >= 11 is 5.93. The molecule has 0 aliphatic heterocycles. The molecule has 0 saturated heterocycles. The fourth-order valence-electron chi connectivity index (χ4n) is 3.85. The van der Waals surface area contributed by atoms with E-state index in [1.807, 2.05) is 13.8 Å². The number of benzene rings is 1. The molecular formula is C21H25ClF3N7. The summed E-state index contributed by atoms with van der Waals surface area (Å²) in [4.78, 5) is 13.5. The van der Waals surface area contributed by atoms with Crippen molar-refractivity contribution in [2.75, 3.05) is 10.6 Å². The van der Waals surface area contributed by atoms with Crippen molar-refractivity contribution in [1.82, 2.24) is 19.5 Å². The largest absolute Gasteiger partial charge is 0.416 e. The fraction of sp³-hybridized carbons (Fsp3) is 0.476. The number of fused-ring (bicyclic) bond motifs is 1. The minimum absolute atomic E-state index is 0.0352. The van der Waals surface area contributed by atoms with Gasteiger partial charge in [0, 0.05) is 28.8 Å². The molecule has 1 fully saturated rings. The lowest BCUT2D eigenvalue weighted by atomic mass is 10.1. The van der Waals surface area contributed by atoms with Crippen LogP contribution in [-0.2, 0) is 12.7 Å². The first-order valence-electron chi connectivity index (χ1n) is 10.4. The Kier molecular flexibility index (Phi) is 5.93. The van der Waals surface area contributed by atoms with Crippen molar-refractivity contribution in [1.29, 1.82) is 0 Å². The van der Waals surface area contributed by atoms with Gasteiger partial charge in [-0.3, -0.25) is 4.57 Å². The van der Waals surface area contributed by atoms with Crippen molar-refractivity contribution in [2.24, 2.45) is 5.73 Å². The van der Waals surface area contributed by atoms with Crippen LogP contribution in [0.25, 0.3) is 11.2 Å². The van der Waals surface area contributed by atoms with Crippen LogP contribution in [0.5, 0.6) is 0 Å². The van der Waals surface area contributed by atoms with Crippen LogP contribution < -0.4 is 16.4 Å². The molecule has 0 bridgehead atoms. The number of nitrogens with zero attached hydrogens (tertiary/aromatic N) is 4. The van der Waals surface area contributed by atoms with Gasteiger partial charge in [0.15, 0.2) is 5.65 Å². The Balaban J connectivity index is 1.73. The maximum atomic E-state index is 13.2. The van der Waals surface area contributed by atoms with Crippen LogP contribution in [0.3, 0.4) is 0 Å². The quantitative estimate of drug-likeness (QED) is 0.453. The van der Waals surface area contributed by atoms with Gasteiger partial charge in [0.2, 0.25) is 11.9 Å². The molecular weight excluding hydrogens is 443 g/mol. The molecule has 0 radical (unpaired) electrons. The summed E-state index contributed by atoms with van der Waals surface area (Å²) in [6, 6.07) is 3.61. The highest BCUT2D eigenvalue weighted by Gasteiger charge is 2.31. The zero-order chi connectivity index (χ0) is 23.1. The Morgan fingerprint density at radius 2 is 1.88 bits per heavy atom. The molecule has 4 rings (SSSR count). The molecule has 2 aromatic heterocycles. The number of alkyl halides is 3. The van der Waals surface area contributed by atoms with Gasteiger partial charge in [-0.1, -0.05) is 24.4 Å². The number of rotatable bonds is 6. The number of aromatic nitrogens is 4. The molecule has 1 aromatic carbocycles. The minimum Gasteiger partial charge on any atom is -0.351 e. The lowest BCUT2D eigenvalue weighted by Crippen LogP contribution is -2.37. The summed E-state index contributed by atoms with van der Waals surface area (Å²) in [6.07, 6.45) is 1.57. The molecule has 0 spiro atoms. The maximum absolute atomic E-state index is 13.2. The zero-order valence-corrected chi connectivity index (χ0v) is 18.6. The van der Waals surface area contributed by atoms with Crippen LogP contribution in [0.15, 0.2) is 24.4 Å². The first kappa shape index (κ1) is 22.6. The van der Waals surface area contributed by atoms with Gasteiger partial charge in [-0.15, -0.1) is 0 Å². The van der Waals surface area contributed by atoms with Crippen LogP contribution in [0.4, 0.5) is 30.8 Å². The van der Waals surface area contributed by atoms with Gasteiger partial charge in [-0.2, -0.15) is 18.2 Å². The molecule has 1 aliphatic rings. The fourth-order valence-corrected chi connectivity index (χ4v) is 4.08. The van der Waals surface area contributed by atoms with E-state index in [0.717, 1.165) is 25.0 Å². The number of hydrogen-bond donors (Lipinski definition) is 3. The number of imidazole rings is 1. The highest BCUT2D eigenvalue weighted by Crippen LogP contribution is 2.34. The van der Waals surface area contributed by atoms with E-state index in [-0.39, 0.29) is 10.7 Å². The average Bonchev–Trinajstić information content (AvgIpc) is 3.28. The molecule has 4 N–H and O–H groups in total. The van der Waals surface area contributed by atoms with Crippen LogP contribution in [0, 0.1) is 0 Å². The van der Waals surface area contributed by atoms with E-state index in [4.69, 9.17) is 17.3 Å². The van der Waals surface area contributed by atoms with E-state index in [2.05, 4.69) is 25.6 Å². The van der Waals surface area contributed by atoms with Crippen LogP contribution in [0.2, 0.25) is 5.02 Å². The lowest BCUT2D eigenvalue weighted by Gasteiger charge is -2.21. The predicted molar refractivity (Wildman–Crippen MR) is 119 cm³/mol. The third kappa shape index (κ3) is 5.24. The normalized spacial score (nSPS) is 15.5. The van der Waals surface area contributed by atoms with E-state index < -0.39 is 17.3 Å². The van der Waals surface area contributed by atoms with Gasteiger partial charge in [-0.25, -0.2) is 9.97 Å². The van der Waals surface area contributed by atoms with Crippen LogP contribution in [0.1, 0.15) is 45.1 Å². The SMILES string of the molecule is CC(C)(N)Cn1c(Nc2cc(Cl)cc(C(F)(F)F)c2)nc2cnc(NC3CCCC3)nc21. The van der Waals surface area contributed by atoms with Gasteiger partial charge in [0.25, 0.3) is 0 Å². The highest BCUT2D eigenvalue weighted by molar-refractivity contribution is 6.31. The van der Waals surface area contributed by atoms with Crippen molar-refractivity contribution < 1.29 is 13.2 Å². The second-order valence-electron chi connectivity index (χ2n) is 8.89. The molecule has 1 aliphatic carbocycles. The van der Waals surface area contributed by atoms with Crippen LogP contribution in [-0.4, -0.2) is 31.1 Å². The van der Waals surface area contributed by atoms with Gasteiger partial charge < -0.3 is 16.4 Å². The Morgan fingerprint density at radius 3 is 2.53 bits per heavy atom. The van der Waals surface area contributed by atoms with Crippen molar-refractivity contribution in [3.8, 4) is 0 Å². The van der Waals surface area contributed by atoms with Gasteiger partial charge >= 0.3 is 6.18 Å². The molecule has 172 valence electrons. The zero-order valence-electron chi connectivity index (χ0n) is 17.8. The van der Waals surface area contributed by atoms with Crippen molar-refractivity contribution in [2.45, 2.75) is 63.8 Å². The number of anilines is 3. The first-order chi connectivity index (χ1) is 15.0. The Bertz CT molecular complexity index is 1120.